The van der Waals surface area contributed by atoms with Gasteiger partial charge in [-0.3, -0.25) is 0 Å². The predicted molar refractivity (Wildman–Crippen MR) is 58.4 cm³/mol. The van der Waals surface area contributed by atoms with Gasteiger partial charge in [-0.25, -0.2) is 0 Å². The van der Waals surface area contributed by atoms with Crippen molar-refractivity contribution in [3.63, 3.8) is 0 Å². The van der Waals surface area contributed by atoms with Crippen LogP contribution in [0.15, 0.2) is 0 Å². The van der Waals surface area contributed by atoms with Crippen molar-refractivity contribution < 1.29 is 4.74 Å². The van der Waals surface area contributed by atoms with E-state index in [4.69, 9.17) is 4.74 Å². The zero-order chi connectivity index (χ0) is 10.0. The Morgan fingerprint density at radius 3 is 2.64 bits per heavy atom. The van der Waals surface area contributed by atoms with Crippen molar-refractivity contribution >= 4 is 0 Å². The van der Waals surface area contributed by atoms with E-state index in [1.54, 1.807) is 0 Å². The standard InChI is InChI=1S/C12H23NO/c1-12(2)9-11(5-8-14-12)10-13-6-3-4-7-13/h11H,3-10H2,1-2H3. The highest BCUT2D eigenvalue weighted by atomic mass is 16.5. The molecule has 0 spiro atoms. The fourth-order valence-electron chi connectivity index (χ4n) is 2.84. The Morgan fingerprint density at radius 1 is 1.29 bits per heavy atom. The molecule has 2 heterocycles. The summed E-state index contributed by atoms with van der Waals surface area (Å²) >= 11 is 0. The second-order valence-corrected chi connectivity index (χ2v) is 5.47. The average Bonchev–Trinajstić information content (AvgIpc) is 2.54. The molecule has 0 aromatic rings. The largest absolute Gasteiger partial charge is 0.376 e. The number of likely N-dealkylation sites (tertiary alicyclic amines) is 1. The molecule has 2 aliphatic rings. The first-order chi connectivity index (χ1) is 6.66. The lowest BCUT2D eigenvalue weighted by Gasteiger charge is -2.37. The molecule has 0 amide bonds. The van der Waals surface area contributed by atoms with Crippen molar-refractivity contribution in [2.75, 3.05) is 26.2 Å². The first-order valence-corrected chi connectivity index (χ1v) is 6.02. The monoisotopic (exact) mass is 197 g/mol. The third kappa shape index (κ3) is 2.71. The molecular weight excluding hydrogens is 174 g/mol. The smallest absolute Gasteiger partial charge is 0.0629 e. The third-order valence-corrected chi connectivity index (χ3v) is 3.51. The second-order valence-electron chi connectivity index (χ2n) is 5.47. The molecule has 14 heavy (non-hydrogen) atoms. The van der Waals surface area contributed by atoms with Crippen molar-refractivity contribution in [3.8, 4) is 0 Å². The number of ether oxygens (including phenoxy) is 1. The van der Waals surface area contributed by atoms with Crippen LogP contribution in [0.1, 0.15) is 39.5 Å². The van der Waals surface area contributed by atoms with E-state index in [2.05, 4.69) is 18.7 Å². The zero-order valence-electron chi connectivity index (χ0n) is 9.59. The molecule has 0 saturated carbocycles. The molecule has 82 valence electrons. The van der Waals surface area contributed by atoms with E-state index in [0.717, 1.165) is 12.5 Å². The number of nitrogens with zero attached hydrogens (tertiary/aromatic N) is 1. The molecule has 1 unspecified atom stereocenters. The third-order valence-electron chi connectivity index (χ3n) is 3.51. The molecule has 2 heteroatoms. The summed E-state index contributed by atoms with van der Waals surface area (Å²) in [5.41, 5.74) is 0.128. The minimum Gasteiger partial charge on any atom is -0.376 e. The van der Waals surface area contributed by atoms with Crippen LogP contribution in [0, 0.1) is 5.92 Å². The van der Waals surface area contributed by atoms with E-state index in [-0.39, 0.29) is 5.60 Å². The van der Waals surface area contributed by atoms with Gasteiger partial charge < -0.3 is 9.64 Å². The SMILES string of the molecule is CC1(C)CC(CN2CCCC2)CCO1. The van der Waals surface area contributed by atoms with Gasteiger partial charge in [-0.2, -0.15) is 0 Å². The second kappa shape index (κ2) is 4.19. The van der Waals surface area contributed by atoms with E-state index in [0.29, 0.717) is 0 Å². The summed E-state index contributed by atoms with van der Waals surface area (Å²) < 4.78 is 5.74. The number of hydrogen-bond acceptors (Lipinski definition) is 2. The van der Waals surface area contributed by atoms with Crippen molar-refractivity contribution in [2.24, 2.45) is 5.92 Å². The fourth-order valence-corrected chi connectivity index (χ4v) is 2.84. The highest BCUT2D eigenvalue weighted by molar-refractivity contribution is 4.81. The van der Waals surface area contributed by atoms with E-state index in [9.17, 15) is 0 Å². The topological polar surface area (TPSA) is 12.5 Å². The van der Waals surface area contributed by atoms with Crippen LogP contribution in [-0.2, 0) is 4.74 Å². The molecule has 2 rings (SSSR count). The Balaban J connectivity index is 1.79. The van der Waals surface area contributed by atoms with Gasteiger partial charge in [0.05, 0.1) is 5.60 Å². The maximum Gasteiger partial charge on any atom is 0.0629 e. The Bertz CT molecular complexity index is 185. The minimum absolute atomic E-state index is 0.128. The molecule has 2 saturated heterocycles. The number of hydrogen-bond donors (Lipinski definition) is 0. The molecular formula is C12H23NO. The zero-order valence-corrected chi connectivity index (χ0v) is 9.59. The van der Waals surface area contributed by atoms with Gasteiger partial charge in [0, 0.05) is 13.2 Å². The highest BCUT2D eigenvalue weighted by Gasteiger charge is 2.30. The Labute approximate surface area is 87.6 Å². The molecule has 0 radical (unpaired) electrons. The summed E-state index contributed by atoms with van der Waals surface area (Å²) in [6, 6.07) is 0. The molecule has 0 aromatic carbocycles. The van der Waals surface area contributed by atoms with Crippen LogP contribution in [0.4, 0.5) is 0 Å². The summed E-state index contributed by atoms with van der Waals surface area (Å²) in [6.45, 7) is 9.39. The van der Waals surface area contributed by atoms with Gasteiger partial charge >= 0.3 is 0 Å². The van der Waals surface area contributed by atoms with Gasteiger partial charge in [0.2, 0.25) is 0 Å². The van der Waals surface area contributed by atoms with Crippen molar-refractivity contribution in [3.05, 3.63) is 0 Å². The number of rotatable bonds is 2. The average molecular weight is 197 g/mol. The van der Waals surface area contributed by atoms with Crippen LogP contribution in [0.25, 0.3) is 0 Å². The molecule has 2 nitrogen and oxygen atoms in total. The van der Waals surface area contributed by atoms with Crippen LogP contribution in [0.5, 0.6) is 0 Å². The lowest BCUT2D eigenvalue weighted by molar-refractivity contribution is -0.0760. The molecule has 2 aliphatic heterocycles. The molecule has 1 atom stereocenters. The normalized spacial score (nSPS) is 33.4. The molecule has 0 aliphatic carbocycles. The van der Waals surface area contributed by atoms with Gasteiger partial charge in [0.25, 0.3) is 0 Å². The van der Waals surface area contributed by atoms with Crippen LogP contribution in [0.3, 0.4) is 0 Å². The van der Waals surface area contributed by atoms with Crippen molar-refractivity contribution in [1.29, 1.82) is 0 Å². The van der Waals surface area contributed by atoms with Crippen LogP contribution < -0.4 is 0 Å². The summed E-state index contributed by atoms with van der Waals surface area (Å²) in [4.78, 5) is 2.63. The van der Waals surface area contributed by atoms with Crippen LogP contribution in [0.2, 0.25) is 0 Å². The van der Waals surface area contributed by atoms with E-state index in [1.807, 2.05) is 0 Å². The van der Waals surface area contributed by atoms with Gasteiger partial charge in [0.1, 0.15) is 0 Å². The summed E-state index contributed by atoms with van der Waals surface area (Å²) in [7, 11) is 0. The summed E-state index contributed by atoms with van der Waals surface area (Å²) in [5, 5.41) is 0. The first-order valence-electron chi connectivity index (χ1n) is 6.02. The van der Waals surface area contributed by atoms with E-state index >= 15 is 0 Å². The lowest BCUT2D eigenvalue weighted by atomic mass is 9.88. The quantitative estimate of drug-likeness (QED) is 0.673. The van der Waals surface area contributed by atoms with Gasteiger partial charge in [-0.1, -0.05) is 0 Å². The van der Waals surface area contributed by atoms with E-state index < -0.39 is 0 Å². The molecule has 0 aromatic heterocycles. The van der Waals surface area contributed by atoms with Gasteiger partial charge in [-0.15, -0.1) is 0 Å². The summed E-state index contributed by atoms with van der Waals surface area (Å²) in [6.07, 6.45) is 5.32. The Morgan fingerprint density at radius 2 is 2.00 bits per heavy atom. The van der Waals surface area contributed by atoms with Gasteiger partial charge in [0.15, 0.2) is 0 Å². The van der Waals surface area contributed by atoms with Gasteiger partial charge in [-0.05, 0) is 58.5 Å². The minimum atomic E-state index is 0.128. The molecule has 2 fully saturated rings. The Hall–Kier alpha value is -0.0800. The van der Waals surface area contributed by atoms with Crippen LogP contribution >= 0.6 is 0 Å². The van der Waals surface area contributed by atoms with E-state index in [1.165, 1.54) is 45.3 Å². The van der Waals surface area contributed by atoms with Crippen LogP contribution in [-0.4, -0.2) is 36.7 Å². The summed E-state index contributed by atoms with van der Waals surface area (Å²) in [5.74, 6) is 0.872. The van der Waals surface area contributed by atoms with Crippen molar-refractivity contribution in [2.45, 2.75) is 45.1 Å². The Kier molecular flexibility index (Phi) is 3.13. The first kappa shape index (κ1) is 10.4. The fraction of sp³-hybridized carbons (Fsp3) is 1.00. The van der Waals surface area contributed by atoms with Crippen molar-refractivity contribution in [1.82, 2.24) is 4.90 Å². The molecule has 0 N–H and O–H groups in total. The maximum absolute atomic E-state index is 5.74. The molecule has 0 bridgehead atoms. The highest BCUT2D eigenvalue weighted by Crippen LogP contribution is 2.29. The maximum atomic E-state index is 5.74. The lowest BCUT2D eigenvalue weighted by Crippen LogP contribution is -2.38. The predicted octanol–water partition coefficient (Wildman–Crippen LogP) is 2.29.